The standard InChI is InChI=1S/C28H27ClFN5O4S/c29-20-5-10-25-23(15-20)26(16-31-25)34-28(37)33-22-8-6-21(7-9-22)32-27(36)18-11-13-35(14-12-18)40(38,39)17-19-3-1-2-4-24(19)30/h1-10,15-16,18,31H,11-14,17H2,(H,32,36)(H2,33,34,37). The first-order valence-corrected chi connectivity index (χ1v) is 14.6. The average molecular weight is 584 g/mol. The van der Waals surface area contributed by atoms with E-state index in [9.17, 15) is 22.4 Å². The molecule has 0 radical (unpaired) electrons. The summed E-state index contributed by atoms with van der Waals surface area (Å²) in [5.41, 5.74) is 2.64. The smallest absolute Gasteiger partial charge is 0.323 e. The molecule has 3 aromatic carbocycles. The van der Waals surface area contributed by atoms with E-state index in [0.29, 0.717) is 34.9 Å². The number of nitrogens with one attached hydrogen (secondary N) is 4. The van der Waals surface area contributed by atoms with Gasteiger partial charge in [-0.25, -0.2) is 21.9 Å². The number of H-pyrrole nitrogens is 1. The fourth-order valence-corrected chi connectivity index (χ4v) is 6.41. The lowest BCUT2D eigenvalue weighted by atomic mass is 9.97. The number of carbonyl (C=O) groups is 2. The molecule has 1 saturated heterocycles. The van der Waals surface area contributed by atoms with Gasteiger partial charge in [0.2, 0.25) is 15.9 Å². The number of carbonyl (C=O) groups excluding carboxylic acids is 2. The summed E-state index contributed by atoms with van der Waals surface area (Å²) in [6.07, 6.45) is 2.41. The highest BCUT2D eigenvalue weighted by atomic mass is 35.5. The highest BCUT2D eigenvalue weighted by molar-refractivity contribution is 7.88. The Balaban J connectivity index is 1.11. The normalized spacial score (nSPS) is 14.7. The molecule has 40 heavy (non-hydrogen) atoms. The molecule has 0 bridgehead atoms. The highest BCUT2D eigenvalue weighted by Crippen LogP contribution is 2.27. The summed E-state index contributed by atoms with van der Waals surface area (Å²) in [6, 6.07) is 17.4. The molecule has 4 aromatic rings. The van der Waals surface area contributed by atoms with Gasteiger partial charge in [0.25, 0.3) is 0 Å². The van der Waals surface area contributed by atoms with Crippen molar-refractivity contribution in [3.63, 3.8) is 0 Å². The van der Waals surface area contributed by atoms with Crippen LogP contribution in [0.5, 0.6) is 0 Å². The quantitative estimate of drug-likeness (QED) is 0.220. The summed E-state index contributed by atoms with van der Waals surface area (Å²) in [6.45, 7) is 0.380. The monoisotopic (exact) mass is 583 g/mol. The Hall–Kier alpha value is -3.93. The number of aromatic nitrogens is 1. The van der Waals surface area contributed by atoms with Crippen molar-refractivity contribution in [1.82, 2.24) is 9.29 Å². The number of anilines is 3. The van der Waals surface area contributed by atoms with Crippen molar-refractivity contribution in [2.24, 2.45) is 5.92 Å². The third-order valence-electron chi connectivity index (χ3n) is 6.82. The molecule has 4 N–H and O–H groups in total. The summed E-state index contributed by atoms with van der Waals surface area (Å²) in [7, 11) is -3.70. The maximum atomic E-state index is 13.9. The number of halogens is 2. The Morgan fingerprint density at radius 3 is 2.33 bits per heavy atom. The summed E-state index contributed by atoms with van der Waals surface area (Å²) in [5.74, 6) is -1.52. The lowest BCUT2D eigenvalue weighted by molar-refractivity contribution is -0.120. The first-order valence-electron chi connectivity index (χ1n) is 12.6. The van der Waals surface area contributed by atoms with Crippen molar-refractivity contribution < 1.29 is 22.4 Å². The zero-order chi connectivity index (χ0) is 28.3. The van der Waals surface area contributed by atoms with Crippen LogP contribution in [0, 0.1) is 11.7 Å². The third-order valence-corrected chi connectivity index (χ3v) is 8.88. The lowest BCUT2D eigenvalue weighted by Crippen LogP contribution is -2.42. The number of rotatable bonds is 7. The Labute approximate surface area is 235 Å². The fourth-order valence-electron chi connectivity index (χ4n) is 4.66. The van der Waals surface area contributed by atoms with Crippen LogP contribution in [0.1, 0.15) is 18.4 Å². The topological polar surface area (TPSA) is 123 Å². The Bertz CT molecular complexity index is 1650. The number of hydrogen-bond donors (Lipinski definition) is 4. The molecule has 1 aromatic heterocycles. The van der Waals surface area contributed by atoms with Crippen LogP contribution in [0.3, 0.4) is 0 Å². The second-order valence-corrected chi connectivity index (χ2v) is 12.0. The minimum atomic E-state index is -3.70. The molecule has 1 aliphatic heterocycles. The zero-order valence-corrected chi connectivity index (χ0v) is 22.9. The molecule has 5 rings (SSSR count). The Kier molecular flexibility index (Phi) is 8.06. The van der Waals surface area contributed by atoms with Crippen LogP contribution in [-0.2, 0) is 20.6 Å². The highest BCUT2D eigenvalue weighted by Gasteiger charge is 2.31. The Morgan fingerprint density at radius 1 is 0.950 bits per heavy atom. The fraction of sp³-hybridized carbons (Fsp3) is 0.214. The number of urea groups is 1. The number of aromatic amines is 1. The van der Waals surface area contributed by atoms with Gasteiger partial charge in [-0.05, 0) is 61.4 Å². The van der Waals surface area contributed by atoms with Gasteiger partial charge in [-0.2, -0.15) is 0 Å². The minimum Gasteiger partial charge on any atom is -0.359 e. The van der Waals surface area contributed by atoms with Crippen LogP contribution in [0.4, 0.5) is 26.2 Å². The summed E-state index contributed by atoms with van der Waals surface area (Å²) in [4.78, 5) is 28.4. The molecule has 3 amide bonds. The minimum absolute atomic E-state index is 0.126. The lowest BCUT2D eigenvalue weighted by Gasteiger charge is -2.30. The predicted molar refractivity (Wildman–Crippen MR) is 154 cm³/mol. The summed E-state index contributed by atoms with van der Waals surface area (Å²) >= 11 is 6.06. The van der Waals surface area contributed by atoms with E-state index in [2.05, 4.69) is 20.9 Å². The van der Waals surface area contributed by atoms with Crippen molar-refractivity contribution in [3.8, 4) is 0 Å². The number of nitrogens with zero attached hydrogens (tertiary/aromatic N) is 1. The summed E-state index contributed by atoms with van der Waals surface area (Å²) < 4.78 is 40.8. The van der Waals surface area contributed by atoms with Gasteiger partial charge >= 0.3 is 6.03 Å². The van der Waals surface area contributed by atoms with Crippen LogP contribution in [0.15, 0.2) is 72.9 Å². The number of piperidine rings is 1. The molecule has 12 heteroatoms. The molecule has 9 nitrogen and oxygen atoms in total. The summed E-state index contributed by atoms with van der Waals surface area (Å²) in [5, 5.41) is 9.73. The number of benzene rings is 3. The van der Waals surface area contributed by atoms with Gasteiger partial charge in [-0.3, -0.25) is 4.79 Å². The van der Waals surface area contributed by atoms with E-state index in [0.717, 1.165) is 10.9 Å². The van der Waals surface area contributed by atoms with Gasteiger partial charge in [-0.1, -0.05) is 29.8 Å². The number of hydrogen-bond acceptors (Lipinski definition) is 4. The number of sulfonamides is 1. The van der Waals surface area contributed by atoms with Crippen LogP contribution in [-0.4, -0.2) is 42.7 Å². The van der Waals surface area contributed by atoms with Crippen molar-refractivity contribution in [1.29, 1.82) is 0 Å². The predicted octanol–water partition coefficient (Wildman–Crippen LogP) is 5.78. The molecule has 0 saturated carbocycles. The van der Waals surface area contributed by atoms with E-state index in [1.807, 2.05) is 6.07 Å². The van der Waals surface area contributed by atoms with Gasteiger partial charge in [0.1, 0.15) is 5.82 Å². The first-order chi connectivity index (χ1) is 19.2. The third kappa shape index (κ3) is 6.44. The van der Waals surface area contributed by atoms with Gasteiger partial charge in [0.15, 0.2) is 0 Å². The average Bonchev–Trinajstić information content (AvgIpc) is 3.32. The van der Waals surface area contributed by atoms with E-state index in [1.165, 1.54) is 22.5 Å². The van der Waals surface area contributed by atoms with E-state index in [-0.39, 0.29) is 30.5 Å². The van der Waals surface area contributed by atoms with E-state index >= 15 is 0 Å². The molecule has 208 valence electrons. The maximum Gasteiger partial charge on any atom is 0.323 e. The van der Waals surface area contributed by atoms with E-state index < -0.39 is 27.6 Å². The molecular weight excluding hydrogens is 557 g/mol. The van der Waals surface area contributed by atoms with Crippen molar-refractivity contribution in [3.05, 3.63) is 89.3 Å². The van der Waals surface area contributed by atoms with Gasteiger partial charge in [-0.15, -0.1) is 0 Å². The van der Waals surface area contributed by atoms with E-state index in [1.54, 1.807) is 48.7 Å². The molecule has 1 fully saturated rings. The largest absolute Gasteiger partial charge is 0.359 e. The van der Waals surface area contributed by atoms with Crippen molar-refractivity contribution in [2.75, 3.05) is 29.0 Å². The van der Waals surface area contributed by atoms with Crippen molar-refractivity contribution >= 4 is 61.5 Å². The van der Waals surface area contributed by atoms with E-state index in [4.69, 9.17) is 11.6 Å². The molecule has 1 aliphatic rings. The Morgan fingerprint density at radius 2 is 1.62 bits per heavy atom. The maximum absolute atomic E-state index is 13.9. The number of fused-ring (bicyclic) bond motifs is 1. The van der Waals surface area contributed by atoms with Gasteiger partial charge in [0, 0.05) is 58.1 Å². The first kappa shape index (κ1) is 27.6. The van der Waals surface area contributed by atoms with Crippen molar-refractivity contribution in [2.45, 2.75) is 18.6 Å². The molecule has 2 heterocycles. The SMILES string of the molecule is O=C(Nc1ccc(NC(=O)C2CCN(S(=O)(=O)Cc3ccccc3F)CC2)cc1)Nc1c[nH]c2ccc(Cl)cc12. The van der Waals surface area contributed by atoms with Crippen LogP contribution >= 0.6 is 11.6 Å². The number of amides is 3. The van der Waals surface area contributed by atoms with Crippen LogP contribution < -0.4 is 16.0 Å². The van der Waals surface area contributed by atoms with Gasteiger partial charge in [0.05, 0.1) is 11.4 Å². The molecule has 0 atom stereocenters. The molecule has 0 spiro atoms. The van der Waals surface area contributed by atoms with Crippen LogP contribution in [0.2, 0.25) is 5.02 Å². The molecule has 0 unspecified atom stereocenters. The molecule has 0 aliphatic carbocycles. The van der Waals surface area contributed by atoms with Gasteiger partial charge < -0.3 is 20.9 Å². The second kappa shape index (κ2) is 11.7. The van der Waals surface area contributed by atoms with Crippen LogP contribution in [0.25, 0.3) is 10.9 Å². The molecular formula is C28H27ClFN5O4S. The second-order valence-electron chi connectivity index (χ2n) is 9.56. The zero-order valence-electron chi connectivity index (χ0n) is 21.3.